The third-order valence-corrected chi connectivity index (χ3v) is 3.66. The number of hydrogen-bond donors (Lipinski definition) is 2. The second-order valence-corrected chi connectivity index (χ2v) is 5.45. The van der Waals surface area contributed by atoms with Crippen LogP contribution in [0.15, 0.2) is 52.4 Å². The van der Waals surface area contributed by atoms with E-state index in [2.05, 4.69) is 20.5 Å². The standard InChI is InChI=1S/C19H10F2N6O/c20-15-7-13(16(21)6-12(15)8-22)10-24-27-19-25-17(11-4-2-1-3-5-11)14(9-23)18(28)26-19/h1-7,10H,(H2,25,26,27,28). The molecular formula is C19H10F2N6O. The number of hydrogen-bond acceptors (Lipinski definition) is 6. The minimum Gasteiger partial charge on any atom is -0.290 e. The van der Waals surface area contributed by atoms with E-state index < -0.39 is 22.8 Å². The minimum atomic E-state index is -0.887. The highest BCUT2D eigenvalue weighted by Gasteiger charge is 2.13. The first-order valence-electron chi connectivity index (χ1n) is 7.81. The van der Waals surface area contributed by atoms with Gasteiger partial charge in [-0.2, -0.15) is 15.6 Å². The molecule has 0 aliphatic heterocycles. The largest absolute Gasteiger partial charge is 0.290 e. The van der Waals surface area contributed by atoms with Gasteiger partial charge < -0.3 is 0 Å². The number of aromatic amines is 1. The van der Waals surface area contributed by atoms with Crippen molar-refractivity contribution in [2.24, 2.45) is 5.10 Å². The molecule has 0 saturated heterocycles. The van der Waals surface area contributed by atoms with Gasteiger partial charge in [-0.15, -0.1) is 0 Å². The van der Waals surface area contributed by atoms with Crippen molar-refractivity contribution in [3.8, 4) is 23.4 Å². The fourth-order valence-electron chi connectivity index (χ4n) is 2.34. The highest BCUT2D eigenvalue weighted by Crippen LogP contribution is 2.19. The quantitative estimate of drug-likeness (QED) is 0.536. The number of nitrogens with zero attached hydrogens (tertiary/aromatic N) is 4. The maximum Gasteiger partial charge on any atom is 0.270 e. The van der Waals surface area contributed by atoms with Crippen LogP contribution in [0.5, 0.6) is 0 Å². The Morgan fingerprint density at radius 3 is 2.54 bits per heavy atom. The zero-order valence-electron chi connectivity index (χ0n) is 14.1. The molecule has 0 radical (unpaired) electrons. The number of anilines is 1. The monoisotopic (exact) mass is 376 g/mol. The van der Waals surface area contributed by atoms with E-state index in [0.29, 0.717) is 5.56 Å². The summed E-state index contributed by atoms with van der Waals surface area (Å²) in [5, 5.41) is 21.6. The Balaban J connectivity index is 1.92. The van der Waals surface area contributed by atoms with Gasteiger partial charge in [-0.3, -0.25) is 9.78 Å². The fraction of sp³-hybridized carbons (Fsp3) is 0. The lowest BCUT2D eigenvalue weighted by Gasteiger charge is -2.06. The number of H-pyrrole nitrogens is 1. The molecule has 0 spiro atoms. The van der Waals surface area contributed by atoms with Gasteiger partial charge in [0.2, 0.25) is 5.95 Å². The average molecular weight is 376 g/mol. The summed E-state index contributed by atoms with van der Waals surface area (Å²) in [6, 6.07) is 13.5. The summed E-state index contributed by atoms with van der Waals surface area (Å²) in [5.41, 5.74) is 1.65. The van der Waals surface area contributed by atoms with Crippen molar-refractivity contribution >= 4 is 12.2 Å². The molecular weight excluding hydrogens is 366 g/mol. The third-order valence-electron chi connectivity index (χ3n) is 3.66. The summed E-state index contributed by atoms with van der Waals surface area (Å²) in [6.07, 6.45) is 0.972. The van der Waals surface area contributed by atoms with Crippen LogP contribution < -0.4 is 11.0 Å². The molecule has 9 heteroatoms. The molecule has 1 heterocycles. The van der Waals surface area contributed by atoms with Crippen molar-refractivity contribution in [1.29, 1.82) is 10.5 Å². The van der Waals surface area contributed by atoms with E-state index in [1.54, 1.807) is 36.4 Å². The highest BCUT2D eigenvalue weighted by molar-refractivity contribution is 5.80. The van der Waals surface area contributed by atoms with Crippen LogP contribution in [0.3, 0.4) is 0 Å². The van der Waals surface area contributed by atoms with Crippen LogP contribution >= 0.6 is 0 Å². The van der Waals surface area contributed by atoms with Crippen molar-refractivity contribution < 1.29 is 8.78 Å². The molecule has 3 aromatic rings. The SMILES string of the molecule is N#Cc1cc(F)c(C=NNc2nc(-c3ccccc3)c(C#N)c(=O)[nH]2)cc1F. The summed E-state index contributed by atoms with van der Waals surface area (Å²) in [7, 11) is 0. The number of hydrazone groups is 1. The maximum atomic E-state index is 13.8. The van der Waals surface area contributed by atoms with Gasteiger partial charge in [0.1, 0.15) is 29.3 Å². The number of nitriles is 2. The van der Waals surface area contributed by atoms with Crippen molar-refractivity contribution in [3.05, 3.63) is 81.1 Å². The van der Waals surface area contributed by atoms with Crippen molar-refractivity contribution in [1.82, 2.24) is 9.97 Å². The first kappa shape index (κ1) is 18.4. The molecule has 0 aliphatic carbocycles. The second kappa shape index (κ2) is 7.89. The van der Waals surface area contributed by atoms with Crippen LogP contribution in [0.1, 0.15) is 16.7 Å². The molecule has 0 fully saturated rings. The van der Waals surface area contributed by atoms with Gasteiger partial charge in [-0.05, 0) is 12.1 Å². The van der Waals surface area contributed by atoms with Gasteiger partial charge in [-0.1, -0.05) is 30.3 Å². The van der Waals surface area contributed by atoms with E-state index >= 15 is 0 Å². The van der Waals surface area contributed by atoms with Gasteiger partial charge in [0.15, 0.2) is 0 Å². The summed E-state index contributed by atoms with van der Waals surface area (Å²) < 4.78 is 27.4. The van der Waals surface area contributed by atoms with E-state index in [-0.39, 0.29) is 22.8 Å². The topological polar surface area (TPSA) is 118 Å². The van der Waals surface area contributed by atoms with E-state index in [1.165, 1.54) is 6.07 Å². The smallest absolute Gasteiger partial charge is 0.270 e. The molecule has 0 amide bonds. The van der Waals surface area contributed by atoms with Gasteiger partial charge in [-0.25, -0.2) is 19.2 Å². The Labute approximate surface area is 157 Å². The molecule has 3 rings (SSSR count). The Morgan fingerprint density at radius 1 is 1.11 bits per heavy atom. The molecule has 7 nitrogen and oxygen atoms in total. The zero-order valence-corrected chi connectivity index (χ0v) is 14.1. The molecule has 2 aromatic carbocycles. The summed E-state index contributed by atoms with van der Waals surface area (Å²) in [6.45, 7) is 0. The minimum absolute atomic E-state index is 0.0892. The second-order valence-electron chi connectivity index (χ2n) is 5.45. The maximum absolute atomic E-state index is 13.8. The molecule has 0 aliphatic rings. The lowest BCUT2D eigenvalue weighted by molar-refractivity contribution is 0.595. The summed E-state index contributed by atoms with van der Waals surface area (Å²) in [4.78, 5) is 18.6. The number of benzene rings is 2. The first-order valence-corrected chi connectivity index (χ1v) is 7.81. The predicted octanol–water partition coefficient (Wildman–Crippen LogP) is 2.90. The molecule has 1 aromatic heterocycles. The van der Waals surface area contributed by atoms with Crippen molar-refractivity contribution in [3.63, 3.8) is 0 Å². The van der Waals surface area contributed by atoms with E-state index in [1.807, 2.05) is 0 Å². The molecule has 136 valence electrons. The van der Waals surface area contributed by atoms with Crippen molar-refractivity contribution in [2.45, 2.75) is 0 Å². The molecule has 0 unspecified atom stereocenters. The van der Waals surface area contributed by atoms with Gasteiger partial charge in [0.05, 0.1) is 17.5 Å². The fourth-order valence-corrected chi connectivity index (χ4v) is 2.34. The van der Waals surface area contributed by atoms with Crippen LogP contribution in [-0.2, 0) is 0 Å². The van der Waals surface area contributed by atoms with Gasteiger partial charge in [0, 0.05) is 11.1 Å². The van der Waals surface area contributed by atoms with Gasteiger partial charge >= 0.3 is 0 Å². The van der Waals surface area contributed by atoms with E-state index in [4.69, 9.17) is 5.26 Å². The normalized spacial score (nSPS) is 10.4. The molecule has 0 atom stereocenters. The number of rotatable bonds is 4. The Bertz CT molecular complexity index is 1210. The van der Waals surface area contributed by atoms with E-state index in [9.17, 15) is 18.8 Å². The molecule has 0 bridgehead atoms. The Kier molecular flexibility index (Phi) is 5.19. The Hall–Kier alpha value is -4.37. The number of aromatic nitrogens is 2. The lowest BCUT2D eigenvalue weighted by Crippen LogP contribution is -2.16. The molecule has 2 N–H and O–H groups in total. The number of halogens is 2. The Morgan fingerprint density at radius 2 is 1.86 bits per heavy atom. The molecule has 0 saturated carbocycles. The van der Waals surface area contributed by atoms with Crippen LogP contribution in [0.2, 0.25) is 0 Å². The van der Waals surface area contributed by atoms with Crippen molar-refractivity contribution in [2.75, 3.05) is 5.43 Å². The molecule has 28 heavy (non-hydrogen) atoms. The lowest BCUT2D eigenvalue weighted by atomic mass is 10.1. The van der Waals surface area contributed by atoms with Crippen LogP contribution in [0.25, 0.3) is 11.3 Å². The zero-order chi connectivity index (χ0) is 20.1. The van der Waals surface area contributed by atoms with Crippen LogP contribution in [-0.4, -0.2) is 16.2 Å². The third kappa shape index (κ3) is 3.74. The summed E-state index contributed by atoms with van der Waals surface area (Å²) in [5.74, 6) is -1.81. The predicted molar refractivity (Wildman–Crippen MR) is 97.3 cm³/mol. The number of nitrogens with one attached hydrogen (secondary N) is 2. The summed E-state index contributed by atoms with van der Waals surface area (Å²) >= 11 is 0. The van der Waals surface area contributed by atoms with Gasteiger partial charge in [0.25, 0.3) is 5.56 Å². The highest BCUT2D eigenvalue weighted by atomic mass is 19.1. The van der Waals surface area contributed by atoms with Crippen LogP contribution in [0, 0.1) is 34.3 Å². The van der Waals surface area contributed by atoms with Crippen LogP contribution in [0.4, 0.5) is 14.7 Å². The average Bonchev–Trinajstić information content (AvgIpc) is 2.70. The first-order chi connectivity index (χ1) is 13.5. The van der Waals surface area contributed by atoms with E-state index in [0.717, 1.165) is 18.3 Å².